The standard InChI is InChI=1S/C28H33N7O2/c1-5-33-16-22-21(13-18(33)2)26(30-17-29-22)37-20-7-8-23-19(14-20)9-12-34(23)27(36)31-25-15-24-28(3,4)10-6-11-35(24)32-25/h7-9,12,14-15,17-18H,5-6,10-11,13,16H2,1-4H3,(H,31,32,36)/t18-/m0/s1. The van der Waals surface area contributed by atoms with Gasteiger partial charge in [-0.3, -0.25) is 19.5 Å². The minimum Gasteiger partial charge on any atom is -0.439 e. The van der Waals surface area contributed by atoms with Gasteiger partial charge in [0.1, 0.15) is 12.1 Å². The van der Waals surface area contributed by atoms with Gasteiger partial charge in [0, 0.05) is 53.5 Å². The largest absolute Gasteiger partial charge is 0.439 e. The van der Waals surface area contributed by atoms with Gasteiger partial charge in [-0.1, -0.05) is 20.8 Å². The van der Waals surface area contributed by atoms with E-state index in [1.54, 1.807) is 17.1 Å². The van der Waals surface area contributed by atoms with E-state index in [-0.39, 0.29) is 11.4 Å². The van der Waals surface area contributed by atoms with E-state index in [4.69, 9.17) is 4.74 Å². The van der Waals surface area contributed by atoms with Gasteiger partial charge in [0.2, 0.25) is 5.88 Å². The van der Waals surface area contributed by atoms with Gasteiger partial charge in [-0.25, -0.2) is 14.8 Å². The zero-order chi connectivity index (χ0) is 25.7. The van der Waals surface area contributed by atoms with Crippen LogP contribution in [0.2, 0.25) is 0 Å². The van der Waals surface area contributed by atoms with Gasteiger partial charge in [-0.05, 0) is 57.0 Å². The Morgan fingerprint density at radius 3 is 2.89 bits per heavy atom. The summed E-state index contributed by atoms with van der Waals surface area (Å²) in [6.07, 6.45) is 6.42. The summed E-state index contributed by atoms with van der Waals surface area (Å²) in [7, 11) is 0. The molecular weight excluding hydrogens is 466 g/mol. The number of fused-ring (bicyclic) bond motifs is 3. The molecule has 37 heavy (non-hydrogen) atoms. The fourth-order valence-electron chi connectivity index (χ4n) is 5.69. The Balaban J connectivity index is 1.22. The lowest BCUT2D eigenvalue weighted by Crippen LogP contribution is -2.38. The monoisotopic (exact) mass is 499 g/mol. The third-order valence-electron chi connectivity index (χ3n) is 7.85. The van der Waals surface area contributed by atoms with Crippen LogP contribution in [0.15, 0.2) is 42.9 Å². The van der Waals surface area contributed by atoms with Crippen LogP contribution in [0.25, 0.3) is 10.9 Å². The first-order valence-corrected chi connectivity index (χ1v) is 13.1. The highest BCUT2D eigenvalue weighted by Crippen LogP contribution is 2.35. The Hall–Kier alpha value is -3.72. The fourth-order valence-corrected chi connectivity index (χ4v) is 5.69. The molecule has 6 rings (SSSR count). The van der Waals surface area contributed by atoms with E-state index in [0.29, 0.717) is 23.5 Å². The van der Waals surface area contributed by atoms with E-state index in [0.717, 1.165) is 66.8 Å². The summed E-state index contributed by atoms with van der Waals surface area (Å²) in [4.78, 5) is 24.5. The Morgan fingerprint density at radius 1 is 1.22 bits per heavy atom. The highest BCUT2D eigenvalue weighted by atomic mass is 16.5. The predicted octanol–water partition coefficient (Wildman–Crippen LogP) is 5.34. The molecule has 0 spiro atoms. The smallest absolute Gasteiger partial charge is 0.331 e. The molecule has 1 N–H and O–H groups in total. The van der Waals surface area contributed by atoms with Crippen LogP contribution >= 0.6 is 0 Å². The minimum atomic E-state index is -0.240. The number of nitrogens with one attached hydrogen (secondary N) is 1. The van der Waals surface area contributed by atoms with Gasteiger partial charge in [0.15, 0.2) is 5.82 Å². The molecule has 1 amide bonds. The van der Waals surface area contributed by atoms with E-state index < -0.39 is 0 Å². The third kappa shape index (κ3) is 4.27. The van der Waals surface area contributed by atoms with Crippen LogP contribution in [0.1, 0.15) is 57.5 Å². The maximum absolute atomic E-state index is 13.1. The number of likely N-dealkylation sites (N-methyl/N-ethyl adjacent to an activating group) is 1. The van der Waals surface area contributed by atoms with Gasteiger partial charge < -0.3 is 4.74 Å². The highest BCUT2D eigenvalue weighted by Gasteiger charge is 2.30. The number of nitrogens with zero attached hydrogens (tertiary/aromatic N) is 6. The number of amides is 1. The van der Waals surface area contributed by atoms with Gasteiger partial charge in [0.25, 0.3) is 0 Å². The molecular formula is C28H33N7O2. The summed E-state index contributed by atoms with van der Waals surface area (Å²) in [5.41, 5.74) is 4.12. The summed E-state index contributed by atoms with van der Waals surface area (Å²) in [6.45, 7) is 11.5. The maximum Gasteiger partial charge on any atom is 0.331 e. The lowest BCUT2D eigenvalue weighted by Gasteiger charge is -2.33. The first kappa shape index (κ1) is 23.7. The number of rotatable bonds is 4. The Labute approximate surface area is 216 Å². The Morgan fingerprint density at radius 2 is 2.08 bits per heavy atom. The van der Waals surface area contributed by atoms with E-state index in [2.05, 4.69) is 53.0 Å². The van der Waals surface area contributed by atoms with Gasteiger partial charge >= 0.3 is 6.03 Å². The van der Waals surface area contributed by atoms with Crippen molar-refractivity contribution in [1.82, 2.24) is 29.2 Å². The number of carbonyl (C=O) groups excluding carboxylic acids is 1. The molecule has 9 heteroatoms. The fraction of sp³-hybridized carbons (Fsp3) is 0.429. The van der Waals surface area contributed by atoms with Gasteiger partial charge in [-0.2, -0.15) is 5.10 Å². The first-order valence-electron chi connectivity index (χ1n) is 13.1. The number of hydrogen-bond donors (Lipinski definition) is 1. The van der Waals surface area contributed by atoms with Crippen molar-refractivity contribution >= 4 is 22.8 Å². The van der Waals surface area contributed by atoms with E-state index in [1.165, 1.54) is 0 Å². The minimum absolute atomic E-state index is 0.0567. The molecule has 0 saturated heterocycles. The quantitative estimate of drug-likeness (QED) is 0.408. The molecule has 2 aliphatic rings. The third-order valence-corrected chi connectivity index (χ3v) is 7.85. The molecule has 4 aromatic rings. The molecule has 9 nitrogen and oxygen atoms in total. The summed E-state index contributed by atoms with van der Waals surface area (Å²) in [6, 6.07) is 9.81. The summed E-state index contributed by atoms with van der Waals surface area (Å²) >= 11 is 0. The molecule has 0 fully saturated rings. The van der Waals surface area contributed by atoms with Crippen molar-refractivity contribution in [3.8, 4) is 11.6 Å². The van der Waals surface area contributed by atoms with Gasteiger partial charge in [-0.15, -0.1) is 0 Å². The number of aryl methyl sites for hydroxylation is 1. The second kappa shape index (κ2) is 8.99. The van der Waals surface area contributed by atoms with Crippen LogP contribution in [0, 0.1) is 0 Å². The zero-order valence-electron chi connectivity index (χ0n) is 21.9. The zero-order valence-corrected chi connectivity index (χ0v) is 21.9. The second-order valence-electron chi connectivity index (χ2n) is 10.8. The van der Waals surface area contributed by atoms with Crippen molar-refractivity contribution < 1.29 is 9.53 Å². The van der Waals surface area contributed by atoms with Crippen LogP contribution in [0.4, 0.5) is 10.6 Å². The normalized spacial score (nSPS) is 18.9. The first-order chi connectivity index (χ1) is 17.8. The molecule has 0 saturated carbocycles. The number of aromatic nitrogens is 5. The highest BCUT2D eigenvalue weighted by molar-refractivity contribution is 5.98. The molecule has 192 valence electrons. The van der Waals surface area contributed by atoms with Crippen LogP contribution in [-0.2, 0) is 24.9 Å². The van der Waals surface area contributed by atoms with Crippen LogP contribution in [0.5, 0.6) is 11.6 Å². The molecule has 0 unspecified atom stereocenters. The van der Waals surface area contributed by atoms with Crippen molar-refractivity contribution in [2.24, 2.45) is 0 Å². The molecule has 2 aliphatic heterocycles. The molecule has 3 aromatic heterocycles. The lowest BCUT2D eigenvalue weighted by atomic mass is 9.82. The summed E-state index contributed by atoms with van der Waals surface area (Å²) in [5, 5.41) is 8.51. The molecule has 1 atom stereocenters. The Bertz CT molecular complexity index is 1490. The number of ether oxygens (including phenoxy) is 1. The number of carbonyl (C=O) groups is 1. The SMILES string of the molecule is CCN1Cc2ncnc(Oc3ccc4c(ccn4C(=O)Nc4cc5n(n4)CCCC5(C)C)c3)c2C[C@@H]1C. The van der Waals surface area contributed by atoms with Crippen LogP contribution < -0.4 is 10.1 Å². The number of hydrogen-bond acceptors (Lipinski definition) is 6. The lowest BCUT2D eigenvalue weighted by molar-refractivity contribution is 0.189. The van der Waals surface area contributed by atoms with E-state index >= 15 is 0 Å². The van der Waals surface area contributed by atoms with Crippen LogP contribution in [0.3, 0.4) is 0 Å². The van der Waals surface area contributed by atoms with Crippen molar-refractivity contribution in [2.75, 3.05) is 11.9 Å². The van der Waals surface area contributed by atoms with Crippen molar-refractivity contribution in [3.63, 3.8) is 0 Å². The molecule has 5 heterocycles. The van der Waals surface area contributed by atoms with Crippen molar-refractivity contribution in [3.05, 3.63) is 59.8 Å². The molecule has 0 radical (unpaired) electrons. The molecule has 0 bridgehead atoms. The van der Waals surface area contributed by atoms with Gasteiger partial charge in [0.05, 0.1) is 11.2 Å². The number of benzene rings is 1. The topological polar surface area (TPSA) is 90.1 Å². The van der Waals surface area contributed by atoms with Crippen molar-refractivity contribution in [2.45, 2.75) is 71.5 Å². The molecule has 1 aromatic carbocycles. The number of anilines is 1. The predicted molar refractivity (Wildman–Crippen MR) is 142 cm³/mol. The summed E-state index contributed by atoms with van der Waals surface area (Å²) < 4.78 is 9.87. The van der Waals surface area contributed by atoms with Crippen LogP contribution in [-0.4, -0.2) is 47.8 Å². The molecule has 0 aliphatic carbocycles. The maximum atomic E-state index is 13.1. The average Bonchev–Trinajstić information content (AvgIpc) is 3.48. The average molecular weight is 500 g/mol. The second-order valence-corrected chi connectivity index (χ2v) is 10.8. The Kier molecular flexibility index (Phi) is 5.75. The van der Waals surface area contributed by atoms with E-state index in [9.17, 15) is 4.79 Å². The van der Waals surface area contributed by atoms with E-state index in [1.807, 2.05) is 35.0 Å². The summed E-state index contributed by atoms with van der Waals surface area (Å²) in [5.74, 6) is 1.87. The van der Waals surface area contributed by atoms with Crippen molar-refractivity contribution in [1.29, 1.82) is 0 Å².